The first kappa shape index (κ1) is 19.3. The molecule has 1 aliphatic heterocycles. The first-order valence-electron chi connectivity index (χ1n) is 10.1. The minimum atomic E-state index is -1.36. The number of ether oxygens (including phenoxy) is 1. The number of aromatic nitrogens is 2. The molecule has 2 aromatic heterocycles. The van der Waals surface area contributed by atoms with Crippen LogP contribution in [0.3, 0.4) is 0 Å². The predicted molar refractivity (Wildman–Crippen MR) is 113 cm³/mol. The molecule has 1 fully saturated rings. The van der Waals surface area contributed by atoms with Gasteiger partial charge < -0.3 is 25.5 Å². The third kappa shape index (κ3) is 2.99. The van der Waals surface area contributed by atoms with Gasteiger partial charge in [0.05, 0.1) is 22.1 Å². The van der Waals surface area contributed by atoms with Gasteiger partial charge in [0.1, 0.15) is 17.9 Å². The molecule has 0 radical (unpaired) electrons. The highest BCUT2D eigenvalue weighted by atomic mass is 19.1. The van der Waals surface area contributed by atoms with E-state index in [1.165, 1.54) is 6.20 Å². The van der Waals surface area contributed by atoms with Gasteiger partial charge in [0.15, 0.2) is 11.6 Å². The minimum Gasteiger partial charge on any atom is -0.487 e. The zero-order valence-corrected chi connectivity index (χ0v) is 16.7. The Morgan fingerprint density at radius 3 is 2.87 bits per heavy atom. The SMILES string of the molecule is Nc1c(F)c(NCCCc2ccccn2)c2c3c1c(=O)c(C(=O)O)cn3C1(CC1)CO2. The summed E-state index contributed by atoms with van der Waals surface area (Å²) in [6, 6.07) is 5.68. The number of benzene rings is 1. The number of nitrogens with zero attached hydrogens (tertiary/aromatic N) is 2. The number of carboxylic acids is 1. The molecular weight excluding hydrogens is 403 g/mol. The van der Waals surface area contributed by atoms with Crippen LogP contribution in [0.2, 0.25) is 0 Å². The topological polar surface area (TPSA) is 119 Å². The molecule has 1 saturated carbocycles. The quantitative estimate of drug-likeness (QED) is 0.411. The first-order valence-corrected chi connectivity index (χ1v) is 10.1. The zero-order chi connectivity index (χ0) is 21.8. The lowest BCUT2D eigenvalue weighted by atomic mass is 10.0. The molecule has 0 atom stereocenters. The molecule has 9 heteroatoms. The highest BCUT2D eigenvalue weighted by Crippen LogP contribution is 2.52. The standard InChI is InChI=1S/C22H21FN4O4/c23-15-16(24)14-18-20(17(15)26-9-3-5-12-4-1-2-8-25-12)31-11-22(6-7-22)27(18)10-13(19(14)28)21(29)30/h1-2,4,8,10,26H,3,5-7,9,11,24H2,(H,29,30). The fourth-order valence-electron chi connectivity index (χ4n) is 4.21. The van der Waals surface area contributed by atoms with E-state index in [0.29, 0.717) is 24.9 Å². The highest BCUT2D eigenvalue weighted by Gasteiger charge is 2.49. The molecule has 0 bridgehead atoms. The summed E-state index contributed by atoms with van der Waals surface area (Å²) in [5, 5.41) is 12.4. The van der Waals surface area contributed by atoms with Crippen LogP contribution in [0.1, 0.15) is 35.3 Å². The molecule has 31 heavy (non-hydrogen) atoms. The molecule has 4 N–H and O–H groups in total. The maximum atomic E-state index is 15.2. The van der Waals surface area contributed by atoms with Gasteiger partial charge >= 0.3 is 5.97 Å². The summed E-state index contributed by atoms with van der Waals surface area (Å²) < 4.78 is 22.9. The second-order valence-corrected chi connectivity index (χ2v) is 8.07. The van der Waals surface area contributed by atoms with E-state index in [0.717, 1.165) is 18.5 Å². The Labute approximate surface area is 176 Å². The Morgan fingerprint density at radius 1 is 1.39 bits per heavy atom. The normalized spacial score (nSPS) is 15.6. The number of halogens is 1. The summed E-state index contributed by atoms with van der Waals surface area (Å²) in [6.45, 7) is 0.723. The summed E-state index contributed by atoms with van der Waals surface area (Å²) in [5.74, 6) is -1.97. The number of carbonyl (C=O) groups is 1. The van der Waals surface area contributed by atoms with Crippen LogP contribution in [0.25, 0.3) is 10.9 Å². The third-order valence-corrected chi connectivity index (χ3v) is 6.07. The number of pyridine rings is 2. The average Bonchev–Trinajstić information content (AvgIpc) is 3.54. The number of fused-ring (bicyclic) bond motifs is 1. The fourth-order valence-corrected chi connectivity index (χ4v) is 4.21. The van der Waals surface area contributed by atoms with Crippen LogP contribution in [0.15, 0.2) is 35.4 Å². The van der Waals surface area contributed by atoms with Crippen LogP contribution >= 0.6 is 0 Å². The number of anilines is 2. The Kier molecular flexibility index (Phi) is 4.35. The summed E-state index contributed by atoms with van der Waals surface area (Å²) >= 11 is 0. The number of rotatable bonds is 6. The first-order chi connectivity index (χ1) is 14.9. The van der Waals surface area contributed by atoms with E-state index in [2.05, 4.69) is 10.3 Å². The lowest BCUT2D eigenvalue weighted by molar-refractivity contribution is 0.0694. The van der Waals surface area contributed by atoms with Crippen molar-refractivity contribution in [2.75, 3.05) is 24.2 Å². The molecule has 160 valence electrons. The molecule has 3 heterocycles. The van der Waals surface area contributed by atoms with Crippen molar-refractivity contribution in [1.82, 2.24) is 9.55 Å². The highest BCUT2D eigenvalue weighted by molar-refractivity contribution is 6.03. The van der Waals surface area contributed by atoms with Crippen molar-refractivity contribution in [3.63, 3.8) is 0 Å². The van der Waals surface area contributed by atoms with Gasteiger partial charge in [-0.25, -0.2) is 9.18 Å². The van der Waals surface area contributed by atoms with Gasteiger partial charge in [-0.05, 0) is 37.8 Å². The predicted octanol–water partition coefficient (Wildman–Crippen LogP) is 2.74. The van der Waals surface area contributed by atoms with Gasteiger partial charge in [0.25, 0.3) is 0 Å². The Morgan fingerprint density at radius 2 is 2.19 bits per heavy atom. The number of nitrogens with two attached hydrogens (primary N) is 1. The zero-order valence-electron chi connectivity index (χ0n) is 16.7. The van der Waals surface area contributed by atoms with E-state index >= 15 is 4.39 Å². The van der Waals surface area contributed by atoms with Crippen LogP contribution in [-0.2, 0) is 12.0 Å². The van der Waals surface area contributed by atoms with Crippen molar-refractivity contribution >= 4 is 28.2 Å². The summed E-state index contributed by atoms with van der Waals surface area (Å²) in [4.78, 5) is 28.7. The van der Waals surface area contributed by atoms with Crippen molar-refractivity contribution < 1.29 is 19.0 Å². The number of aryl methyl sites for hydroxylation is 1. The molecule has 2 aliphatic rings. The summed E-state index contributed by atoms with van der Waals surface area (Å²) in [6.07, 6.45) is 6.05. The van der Waals surface area contributed by atoms with Crippen molar-refractivity contribution in [3.05, 3.63) is 57.9 Å². The van der Waals surface area contributed by atoms with Gasteiger partial charge in [-0.15, -0.1) is 0 Å². The lowest BCUT2D eigenvalue weighted by Gasteiger charge is -2.31. The van der Waals surface area contributed by atoms with Crippen LogP contribution < -0.4 is 21.2 Å². The van der Waals surface area contributed by atoms with E-state index in [9.17, 15) is 14.7 Å². The molecule has 5 rings (SSSR count). The molecular formula is C22H21FN4O4. The van der Waals surface area contributed by atoms with Gasteiger partial charge in [0, 0.05) is 24.6 Å². The lowest BCUT2D eigenvalue weighted by Crippen LogP contribution is -2.34. The van der Waals surface area contributed by atoms with Crippen LogP contribution in [0.4, 0.5) is 15.8 Å². The van der Waals surface area contributed by atoms with Crippen molar-refractivity contribution in [2.45, 2.75) is 31.2 Å². The molecule has 0 amide bonds. The Balaban J connectivity index is 1.57. The van der Waals surface area contributed by atoms with Crippen molar-refractivity contribution in [2.24, 2.45) is 0 Å². The average molecular weight is 424 g/mol. The van der Waals surface area contributed by atoms with E-state index in [1.807, 2.05) is 18.2 Å². The minimum absolute atomic E-state index is 0.0951. The van der Waals surface area contributed by atoms with Crippen LogP contribution in [0.5, 0.6) is 5.75 Å². The van der Waals surface area contributed by atoms with Crippen LogP contribution in [-0.4, -0.2) is 33.8 Å². The van der Waals surface area contributed by atoms with Gasteiger partial charge in [0.2, 0.25) is 5.43 Å². The second kappa shape index (κ2) is 6.97. The molecule has 0 saturated heterocycles. The molecule has 3 aromatic rings. The second-order valence-electron chi connectivity index (χ2n) is 8.07. The number of nitrogens with one attached hydrogen (secondary N) is 1. The van der Waals surface area contributed by atoms with Crippen molar-refractivity contribution in [3.8, 4) is 5.75 Å². The van der Waals surface area contributed by atoms with E-state index in [4.69, 9.17) is 10.5 Å². The van der Waals surface area contributed by atoms with Crippen LogP contribution in [0, 0.1) is 5.82 Å². The van der Waals surface area contributed by atoms with E-state index in [1.54, 1.807) is 10.8 Å². The number of hydrogen-bond donors (Lipinski definition) is 3. The largest absolute Gasteiger partial charge is 0.487 e. The fraction of sp³-hybridized carbons (Fsp3) is 0.318. The maximum absolute atomic E-state index is 15.2. The van der Waals surface area contributed by atoms with Gasteiger partial charge in [-0.2, -0.15) is 0 Å². The number of aromatic carboxylic acids is 1. The van der Waals surface area contributed by atoms with E-state index in [-0.39, 0.29) is 29.1 Å². The molecule has 1 aromatic carbocycles. The Bertz CT molecular complexity index is 1270. The molecule has 1 spiro atoms. The Hall–Kier alpha value is -3.62. The van der Waals surface area contributed by atoms with E-state index < -0.39 is 28.3 Å². The monoisotopic (exact) mass is 424 g/mol. The van der Waals surface area contributed by atoms with Gasteiger partial charge in [-0.1, -0.05) is 6.07 Å². The van der Waals surface area contributed by atoms with Gasteiger partial charge in [-0.3, -0.25) is 9.78 Å². The van der Waals surface area contributed by atoms with Crippen molar-refractivity contribution in [1.29, 1.82) is 0 Å². The number of hydrogen-bond acceptors (Lipinski definition) is 6. The molecule has 1 aliphatic carbocycles. The smallest absolute Gasteiger partial charge is 0.341 e. The summed E-state index contributed by atoms with van der Waals surface area (Å²) in [7, 11) is 0. The summed E-state index contributed by atoms with van der Waals surface area (Å²) in [5.41, 5.74) is 5.40. The third-order valence-electron chi connectivity index (χ3n) is 6.07. The number of nitrogen functional groups attached to an aromatic ring is 1. The molecule has 0 unspecified atom stereocenters. The maximum Gasteiger partial charge on any atom is 0.341 e. The number of carboxylic acid groups (broad SMARTS) is 1. The molecule has 8 nitrogen and oxygen atoms in total.